The van der Waals surface area contributed by atoms with Crippen LogP contribution in [0, 0.1) is 5.92 Å². The van der Waals surface area contributed by atoms with Crippen LogP contribution in [0.1, 0.15) is 30.6 Å². The van der Waals surface area contributed by atoms with Gasteiger partial charge in [0, 0.05) is 12.8 Å². The van der Waals surface area contributed by atoms with Crippen LogP contribution in [-0.4, -0.2) is 24.7 Å². The normalized spacial score (nSPS) is 19.5. The van der Waals surface area contributed by atoms with E-state index in [2.05, 4.69) is 10.3 Å². The molecule has 6 heteroatoms. The lowest BCUT2D eigenvalue weighted by atomic mass is 9.95. The minimum Gasteiger partial charge on any atom is -0.376 e. The first-order valence-corrected chi connectivity index (χ1v) is 7.42. The standard InChI is InChI=1S/C12H19ClN2OS.ClH/c13-12-15-8-11(17-12)9-16-6-2-4-10-3-1-5-14-7-10;/h8,10,14H,1-7,9H2;1H. The van der Waals surface area contributed by atoms with Gasteiger partial charge in [0.2, 0.25) is 0 Å². The van der Waals surface area contributed by atoms with E-state index in [0.29, 0.717) is 11.1 Å². The van der Waals surface area contributed by atoms with E-state index in [1.54, 1.807) is 6.20 Å². The maximum atomic E-state index is 5.75. The molecule has 0 saturated carbocycles. The summed E-state index contributed by atoms with van der Waals surface area (Å²) >= 11 is 7.24. The summed E-state index contributed by atoms with van der Waals surface area (Å²) in [5.41, 5.74) is 0. The molecule has 1 aliphatic rings. The monoisotopic (exact) mass is 310 g/mol. The van der Waals surface area contributed by atoms with Gasteiger partial charge in [-0.15, -0.1) is 23.7 Å². The van der Waals surface area contributed by atoms with E-state index < -0.39 is 0 Å². The van der Waals surface area contributed by atoms with E-state index in [-0.39, 0.29) is 12.4 Å². The van der Waals surface area contributed by atoms with E-state index >= 15 is 0 Å². The number of nitrogens with zero attached hydrogens (tertiary/aromatic N) is 1. The van der Waals surface area contributed by atoms with Crippen LogP contribution in [0.5, 0.6) is 0 Å². The van der Waals surface area contributed by atoms with Gasteiger partial charge in [-0.3, -0.25) is 0 Å². The highest BCUT2D eigenvalue weighted by molar-refractivity contribution is 7.15. The number of aromatic nitrogens is 1. The van der Waals surface area contributed by atoms with Gasteiger partial charge in [-0.2, -0.15) is 0 Å². The molecule has 1 fully saturated rings. The van der Waals surface area contributed by atoms with Crippen molar-refractivity contribution in [2.75, 3.05) is 19.7 Å². The number of hydrogen-bond acceptors (Lipinski definition) is 4. The molecule has 1 aromatic heterocycles. The van der Waals surface area contributed by atoms with Gasteiger partial charge in [0.1, 0.15) is 0 Å². The fraction of sp³-hybridized carbons (Fsp3) is 0.750. The Morgan fingerprint density at radius 2 is 2.44 bits per heavy atom. The number of thiazole rings is 1. The third-order valence-electron chi connectivity index (χ3n) is 3.07. The van der Waals surface area contributed by atoms with Crippen molar-refractivity contribution >= 4 is 35.3 Å². The largest absolute Gasteiger partial charge is 0.376 e. The predicted molar refractivity (Wildman–Crippen MR) is 78.9 cm³/mol. The van der Waals surface area contributed by atoms with Crippen LogP contribution in [0.15, 0.2) is 6.20 Å². The number of piperidine rings is 1. The maximum Gasteiger partial charge on any atom is 0.183 e. The Balaban J connectivity index is 0.00000162. The second kappa shape index (κ2) is 9.10. The highest BCUT2D eigenvalue weighted by Crippen LogP contribution is 2.19. The summed E-state index contributed by atoms with van der Waals surface area (Å²) in [6.07, 6.45) is 6.91. The Morgan fingerprint density at radius 3 is 3.11 bits per heavy atom. The molecular formula is C12H20Cl2N2OS. The fourth-order valence-electron chi connectivity index (χ4n) is 2.17. The molecule has 1 atom stereocenters. The molecule has 3 nitrogen and oxygen atoms in total. The zero-order chi connectivity index (χ0) is 11.9. The van der Waals surface area contributed by atoms with Gasteiger partial charge >= 0.3 is 0 Å². The van der Waals surface area contributed by atoms with Gasteiger partial charge in [-0.25, -0.2) is 4.98 Å². The van der Waals surface area contributed by atoms with Crippen LogP contribution in [0.25, 0.3) is 0 Å². The van der Waals surface area contributed by atoms with Crippen molar-refractivity contribution in [3.05, 3.63) is 15.5 Å². The first kappa shape index (κ1) is 16.2. The Kier molecular flexibility index (Phi) is 8.18. The van der Waals surface area contributed by atoms with Crippen LogP contribution in [0.4, 0.5) is 0 Å². The molecule has 0 bridgehead atoms. The molecule has 0 spiro atoms. The molecule has 2 rings (SSSR count). The number of ether oxygens (including phenoxy) is 1. The van der Waals surface area contributed by atoms with Crippen molar-refractivity contribution in [2.45, 2.75) is 32.3 Å². The van der Waals surface area contributed by atoms with Crippen LogP contribution >= 0.6 is 35.3 Å². The van der Waals surface area contributed by atoms with Gasteiger partial charge in [0.05, 0.1) is 11.5 Å². The van der Waals surface area contributed by atoms with Crippen molar-refractivity contribution in [3.8, 4) is 0 Å². The molecule has 1 aliphatic heterocycles. The SMILES string of the molecule is Cl.Clc1ncc(COCCCC2CCCNC2)s1. The highest BCUT2D eigenvalue weighted by atomic mass is 35.5. The van der Waals surface area contributed by atoms with Crippen molar-refractivity contribution in [1.82, 2.24) is 10.3 Å². The average molecular weight is 311 g/mol. The summed E-state index contributed by atoms with van der Waals surface area (Å²) in [5, 5.41) is 3.44. The molecular weight excluding hydrogens is 291 g/mol. The minimum absolute atomic E-state index is 0. The summed E-state index contributed by atoms with van der Waals surface area (Å²) in [5.74, 6) is 0.852. The molecule has 1 N–H and O–H groups in total. The second-order valence-corrected chi connectivity index (χ2v) is 6.18. The summed E-state index contributed by atoms with van der Waals surface area (Å²) in [6.45, 7) is 3.86. The number of rotatable bonds is 6. The molecule has 104 valence electrons. The lowest BCUT2D eigenvalue weighted by molar-refractivity contribution is 0.114. The molecule has 18 heavy (non-hydrogen) atoms. The summed E-state index contributed by atoms with van der Waals surface area (Å²) in [6, 6.07) is 0. The first-order valence-electron chi connectivity index (χ1n) is 6.23. The van der Waals surface area contributed by atoms with Crippen LogP contribution in [0.2, 0.25) is 4.47 Å². The van der Waals surface area contributed by atoms with Gasteiger partial charge in [0.15, 0.2) is 4.47 Å². The van der Waals surface area contributed by atoms with Crippen molar-refractivity contribution in [1.29, 1.82) is 0 Å². The molecule has 2 heterocycles. The molecule has 1 aromatic rings. The van der Waals surface area contributed by atoms with E-state index in [0.717, 1.165) is 23.8 Å². The van der Waals surface area contributed by atoms with Crippen LogP contribution in [-0.2, 0) is 11.3 Å². The molecule has 0 aliphatic carbocycles. The van der Waals surface area contributed by atoms with Gasteiger partial charge < -0.3 is 10.1 Å². The quantitative estimate of drug-likeness (QED) is 0.816. The fourth-order valence-corrected chi connectivity index (χ4v) is 3.08. The van der Waals surface area contributed by atoms with Gasteiger partial charge in [-0.1, -0.05) is 11.6 Å². The van der Waals surface area contributed by atoms with Crippen molar-refractivity contribution in [2.24, 2.45) is 5.92 Å². The van der Waals surface area contributed by atoms with Crippen molar-refractivity contribution in [3.63, 3.8) is 0 Å². The molecule has 0 amide bonds. The van der Waals surface area contributed by atoms with E-state index in [4.69, 9.17) is 16.3 Å². The second-order valence-electron chi connectivity index (χ2n) is 4.49. The third-order valence-corrected chi connectivity index (χ3v) is 4.16. The zero-order valence-corrected chi connectivity index (χ0v) is 12.8. The summed E-state index contributed by atoms with van der Waals surface area (Å²) in [4.78, 5) is 5.09. The average Bonchev–Trinajstić information content (AvgIpc) is 2.76. The van der Waals surface area contributed by atoms with Crippen LogP contribution < -0.4 is 5.32 Å². The van der Waals surface area contributed by atoms with Crippen molar-refractivity contribution < 1.29 is 4.74 Å². The van der Waals surface area contributed by atoms with E-state index in [1.165, 1.54) is 43.7 Å². The molecule has 1 unspecified atom stereocenters. The smallest absolute Gasteiger partial charge is 0.183 e. The summed E-state index contributed by atoms with van der Waals surface area (Å²) in [7, 11) is 0. The topological polar surface area (TPSA) is 34.1 Å². The third kappa shape index (κ3) is 5.85. The Morgan fingerprint density at radius 1 is 1.56 bits per heavy atom. The van der Waals surface area contributed by atoms with E-state index in [1.807, 2.05) is 0 Å². The Bertz CT molecular complexity index is 330. The molecule has 1 saturated heterocycles. The predicted octanol–water partition coefficient (Wildman–Crippen LogP) is 3.51. The Labute approximate surface area is 124 Å². The zero-order valence-electron chi connectivity index (χ0n) is 10.4. The minimum atomic E-state index is 0. The summed E-state index contributed by atoms with van der Waals surface area (Å²) < 4.78 is 6.21. The first-order chi connectivity index (χ1) is 8.34. The van der Waals surface area contributed by atoms with Gasteiger partial charge in [0.25, 0.3) is 0 Å². The lowest BCUT2D eigenvalue weighted by Crippen LogP contribution is -2.29. The molecule has 0 aromatic carbocycles. The highest BCUT2D eigenvalue weighted by Gasteiger charge is 2.11. The number of hydrogen-bond donors (Lipinski definition) is 1. The Hall–Kier alpha value is 0.130. The lowest BCUT2D eigenvalue weighted by Gasteiger charge is -2.22. The number of halogens is 2. The molecule has 0 radical (unpaired) electrons. The maximum absolute atomic E-state index is 5.75. The van der Waals surface area contributed by atoms with Gasteiger partial charge in [-0.05, 0) is 44.7 Å². The van der Waals surface area contributed by atoms with E-state index in [9.17, 15) is 0 Å². The number of nitrogens with one attached hydrogen (secondary N) is 1. The van der Waals surface area contributed by atoms with Crippen LogP contribution in [0.3, 0.4) is 0 Å².